The van der Waals surface area contributed by atoms with Crippen LogP contribution in [0.25, 0.3) is 17.5 Å². The summed E-state index contributed by atoms with van der Waals surface area (Å²) in [6.07, 6.45) is 1.57. The molecule has 0 amide bonds. The predicted octanol–water partition coefficient (Wildman–Crippen LogP) is 4.12. The molecule has 0 saturated heterocycles. The molecule has 0 radical (unpaired) electrons. The van der Waals surface area contributed by atoms with Crippen molar-refractivity contribution >= 4 is 81.2 Å². The molecule has 1 aliphatic rings. The molecule has 172 valence electrons. The number of thiazole rings is 1. The molecule has 1 atom stereocenters. The molecule has 2 N–H and O–H groups in total. The maximum atomic E-state index is 13.3. The average Bonchev–Trinajstić information content (AvgIpc) is 3.11. The number of nitriles is 1. The number of esters is 1. The van der Waals surface area contributed by atoms with Gasteiger partial charge in [-0.05, 0) is 41.5 Å². The second kappa shape index (κ2) is 9.49. The SMILES string of the molecule is COC(=O)C1=C(N)n2c(s/c(=C/c3ccc(Cl)cc3Cl)c2=O)=C(C#N)C1c1ccc(Cl)cc1Cl. The summed E-state index contributed by atoms with van der Waals surface area (Å²) in [5.74, 6) is -1.91. The van der Waals surface area contributed by atoms with Crippen LogP contribution in [0.1, 0.15) is 17.0 Å². The summed E-state index contributed by atoms with van der Waals surface area (Å²) in [5.41, 5.74) is 6.84. The lowest BCUT2D eigenvalue weighted by molar-refractivity contribution is -0.136. The molecule has 1 aliphatic heterocycles. The Morgan fingerprint density at radius 3 is 2.38 bits per heavy atom. The molecular formula is C23H13Cl4N3O3S. The molecule has 0 saturated carbocycles. The molecule has 0 aliphatic carbocycles. The summed E-state index contributed by atoms with van der Waals surface area (Å²) in [4.78, 5) is 26.1. The van der Waals surface area contributed by atoms with Crippen LogP contribution >= 0.6 is 57.7 Å². The first-order valence-electron chi connectivity index (χ1n) is 9.54. The summed E-state index contributed by atoms with van der Waals surface area (Å²) in [6, 6.07) is 11.7. The molecule has 0 spiro atoms. The van der Waals surface area contributed by atoms with Crippen molar-refractivity contribution in [3.8, 4) is 6.07 Å². The molecule has 4 rings (SSSR count). The van der Waals surface area contributed by atoms with Crippen LogP contribution < -0.4 is 20.5 Å². The van der Waals surface area contributed by atoms with Crippen molar-refractivity contribution in [1.82, 2.24) is 4.57 Å². The first kappa shape index (κ1) is 24.4. The first-order valence-corrected chi connectivity index (χ1v) is 11.9. The number of benzene rings is 2. The van der Waals surface area contributed by atoms with Crippen LogP contribution in [0.15, 0.2) is 46.8 Å². The van der Waals surface area contributed by atoms with Crippen LogP contribution in [0.3, 0.4) is 0 Å². The monoisotopic (exact) mass is 551 g/mol. The molecule has 1 aromatic heterocycles. The summed E-state index contributed by atoms with van der Waals surface area (Å²) in [6.45, 7) is 0. The number of carbonyl (C=O) groups excluding carboxylic acids is 1. The fraction of sp³-hybridized carbons (Fsp3) is 0.0870. The van der Waals surface area contributed by atoms with Gasteiger partial charge in [-0.25, -0.2) is 4.79 Å². The fourth-order valence-electron chi connectivity index (χ4n) is 3.67. The quantitative estimate of drug-likeness (QED) is 0.493. The number of nitrogens with zero attached hydrogens (tertiary/aromatic N) is 2. The van der Waals surface area contributed by atoms with E-state index in [9.17, 15) is 14.9 Å². The van der Waals surface area contributed by atoms with Crippen molar-refractivity contribution in [2.24, 2.45) is 5.73 Å². The number of ether oxygens (including phenoxy) is 1. The van der Waals surface area contributed by atoms with Crippen molar-refractivity contribution in [3.63, 3.8) is 0 Å². The van der Waals surface area contributed by atoms with Gasteiger partial charge in [-0.15, -0.1) is 11.3 Å². The van der Waals surface area contributed by atoms with Gasteiger partial charge in [-0.1, -0.05) is 58.5 Å². The van der Waals surface area contributed by atoms with Crippen LogP contribution in [0, 0.1) is 11.3 Å². The van der Waals surface area contributed by atoms with Gasteiger partial charge in [0.25, 0.3) is 5.56 Å². The molecule has 0 bridgehead atoms. The molecule has 11 heteroatoms. The molecule has 3 aromatic rings. The Morgan fingerprint density at radius 1 is 1.15 bits per heavy atom. The Morgan fingerprint density at radius 2 is 1.79 bits per heavy atom. The van der Waals surface area contributed by atoms with Gasteiger partial charge in [0.1, 0.15) is 10.5 Å². The smallest absolute Gasteiger partial charge is 0.338 e. The molecule has 0 fully saturated rings. The number of halogens is 4. The lowest BCUT2D eigenvalue weighted by atomic mass is 9.84. The van der Waals surface area contributed by atoms with Gasteiger partial charge in [0.05, 0.1) is 34.8 Å². The maximum Gasteiger partial charge on any atom is 0.338 e. The topological polar surface area (TPSA) is 98.1 Å². The van der Waals surface area contributed by atoms with Crippen LogP contribution in [0.4, 0.5) is 0 Å². The second-order valence-corrected chi connectivity index (χ2v) is 9.85. The molecular weight excluding hydrogens is 540 g/mol. The summed E-state index contributed by atoms with van der Waals surface area (Å²) in [5, 5.41) is 11.5. The third kappa shape index (κ3) is 4.13. The van der Waals surface area contributed by atoms with E-state index in [0.29, 0.717) is 26.2 Å². The minimum Gasteiger partial charge on any atom is -0.466 e. The van der Waals surface area contributed by atoms with Gasteiger partial charge in [0, 0.05) is 20.1 Å². The van der Waals surface area contributed by atoms with E-state index >= 15 is 0 Å². The predicted molar refractivity (Wildman–Crippen MR) is 136 cm³/mol. The highest BCUT2D eigenvalue weighted by Crippen LogP contribution is 2.40. The van der Waals surface area contributed by atoms with E-state index in [1.165, 1.54) is 13.2 Å². The number of nitrogens with two attached hydrogens (primary N) is 1. The number of rotatable bonds is 3. The van der Waals surface area contributed by atoms with Gasteiger partial charge < -0.3 is 10.5 Å². The van der Waals surface area contributed by atoms with Crippen molar-refractivity contribution < 1.29 is 9.53 Å². The average molecular weight is 553 g/mol. The summed E-state index contributed by atoms with van der Waals surface area (Å²) >= 11 is 25.7. The Hall–Kier alpha value is -2.73. The number of methoxy groups -OCH3 is 1. The minimum atomic E-state index is -0.966. The Labute approximate surface area is 217 Å². The van der Waals surface area contributed by atoms with Gasteiger partial charge in [-0.3, -0.25) is 9.36 Å². The van der Waals surface area contributed by atoms with E-state index in [4.69, 9.17) is 56.9 Å². The van der Waals surface area contributed by atoms with Gasteiger partial charge in [0.2, 0.25) is 0 Å². The number of hydrogen-bond acceptors (Lipinski definition) is 6. The third-order valence-corrected chi connectivity index (χ3v) is 7.43. The van der Waals surface area contributed by atoms with Crippen molar-refractivity contribution in [2.45, 2.75) is 5.92 Å². The van der Waals surface area contributed by atoms with Crippen molar-refractivity contribution in [3.05, 3.63) is 92.7 Å². The van der Waals surface area contributed by atoms with E-state index in [1.54, 1.807) is 36.4 Å². The Bertz CT molecular complexity index is 1620. The van der Waals surface area contributed by atoms with E-state index < -0.39 is 17.4 Å². The van der Waals surface area contributed by atoms with E-state index in [0.717, 1.165) is 15.9 Å². The number of hydrogen-bond donors (Lipinski definition) is 1. The van der Waals surface area contributed by atoms with Crippen LogP contribution in [-0.4, -0.2) is 17.6 Å². The fourth-order valence-corrected chi connectivity index (χ4v) is 5.77. The first-order chi connectivity index (χ1) is 16.2. The lowest BCUT2D eigenvalue weighted by Crippen LogP contribution is -2.40. The van der Waals surface area contributed by atoms with Crippen LogP contribution in [0.2, 0.25) is 20.1 Å². The molecule has 2 heterocycles. The van der Waals surface area contributed by atoms with Crippen LogP contribution in [-0.2, 0) is 9.53 Å². The summed E-state index contributed by atoms with van der Waals surface area (Å²) < 4.78 is 6.58. The largest absolute Gasteiger partial charge is 0.466 e. The highest BCUT2D eigenvalue weighted by Gasteiger charge is 2.37. The van der Waals surface area contributed by atoms with Gasteiger partial charge >= 0.3 is 5.97 Å². The van der Waals surface area contributed by atoms with E-state index in [2.05, 4.69) is 6.07 Å². The highest BCUT2D eigenvalue weighted by molar-refractivity contribution is 7.07. The van der Waals surface area contributed by atoms with Gasteiger partial charge in [0.15, 0.2) is 0 Å². The van der Waals surface area contributed by atoms with Gasteiger partial charge in [-0.2, -0.15) is 5.26 Å². The minimum absolute atomic E-state index is 0.0771. The third-order valence-electron chi connectivity index (χ3n) is 5.20. The normalized spacial score (nSPS) is 15.8. The Balaban J connectivity index is 2.10. The Kier molecular flexibility index (Phi) is 6.81. The molecule has 34 heavy (non-hydrogen) atoms. The van der Waals surface area contributed by atoms with E-state index in [1.807, 2.05) is 0 Å². The number of aromatic nitrogens is 1. The molecule has 1 unspecified atom stereocenters. The zero-order valence-electron chi connectivity index (χ0n) is 17.2. The lowest BCUT2D eigenvalue weighted by Gasteiger charge is -2.25. The second-order valence-electron chi connectivity index (χ2n) is 7.14. The van der Waals surface area contributed by atoms with Crippen LogP contribution in [0.5, 0.6) is 0 Å². The zero-order chi connectivity index (χ0) is 24.7. The van der Waals surface area contributed by atoms with Crippen molar-refractivity contribution in [2.75, 3.05) is 7.11 Å². The van der Waals surface area contributed by atoms with E-state index in [-0.39, 0.29) is 31.2 Å². The number of carbonyl (C=O) groups is 1. The highest BCUT2D eigenvalue weighted by atomic mass is 35.5. The molecule has 6 nitrogen and oxygen atoms in total. The zero-order valence-corrected chi connectivity index (χ0v) is 21.1. The maximum absolute atomic E-state index is 13.3. The standard InChI is InChI=1S/C23H13Cl4N3O3S/c1-33-23(32)19-18(13-5-4-12(25)8-16(13)27)14(9-28)22-30(20(19)29)21(31)17(34-22)6-10-2-3-11(24)7-15(10)26/h2-8,18H,29H2,1H3/b17-6+. The summed E-state index contributed by atoms with van der Waals surface area (Å²) in [7, 11) is 1.18. The number of fused-ring (bicyclic) bond motifs is 1. The van der Waals surface area contributed by atoms with Crippen molar-refractivity contribution in [1.29, 1.82) is 5.26 Å². The molecule has 2 aromatic carbocycles.